The molecular formula is C15H13N3O. The third-order valence-electron chi connectivity index (χ3n) is 2.68. The highest BCUT2D eigenvalue weighted by Gasteiger charge is 2.13. The van der Waals surface area contributed by atoms with Gasteiger partial charge in [0.15, 0.2) is 0 Å². The fourth-order valence-corrected chi connectivity index (χ4v) is 1.74. The average Bonchev–Trinajstić information content (AvgIpc) is 2.47. The van der Waals surface area contributed by atoms with Gasteiger partial charge in [-0.25, -0.2) is 0 Å². The van der Waals surface area contributed by atoms with E-state index in [1.54, 1.807) is 24.5 Å². The van der Waals surface area contributed by atoms with E-state index in [1.807, 2.05) is 30.3 Å². The van der Waals surface area contributed by atoms with Crippen LogP contribution in [0.1, 0.15) is 17.2 Å². The summed E-state index contributed by atoms with van der Waals surface area (Å²) in [5.74, 6) is -0.172. The van der Waals surface area contributed by atoms with Gasteiger partial charge in [0.2, 0.25) is 5.91 Å². The second-order valence-corrected chi connectivity index (χ2v) is 4.07. The van der Waals surface area contributed by atoms with Gasteiger partial charge in [-0.05, 0) is 23.3 Å². The molecule has 2 aromatic rings. The number of benzene rings is 1. The summed E-state index contributed by atoms with van der Waals surface area (Å²) >= 11 is 0. The van der Waals surface area contributed by atoms with Crippen molar-refractivity contribution in [2.45, 2.75) is 12.5 Å². The van der Waals surface area contributed by atoms with Crippen LogP contribution in [0.3, 0.4) is 0 Å². The molecule has 1 aromatic carbocycles. The number of nitriles is 1. The number of carbonyl (C=O) groups is 1. The van der Waals surface area contributed by atoms with Crippen molar-refractivity contribution in [3.05, 3.63) is 66.0 Å². The Balaban J connectivity index is 2.00. The third-order valence-corrected chi connectivity index (χ3v) is 2.68. The number of hydrogen-bond acceptors (Lipinski definition) is 3. The van der Waals surface area contributed by atoms with Gasteiger partial charge in [-0.2, -0.15) is 5.26 Å². The molecule has 0 saturated heterocycles. The van der Waals surface area contributed by atoms with Crippen LogP contribution in [0.15, 0.2) is 54.9 Å². The lowest BCUT2D eigenvalue weighted by Gasteiger charge is -2.11. The van der Waals surface area contributed by atoms with Gasteiger partial charge in [-0.15, -0.1) is 0 Å². The maximum Gasteiger partial charge on any atom is 0.225 e. The number of pyridine rings is 1. The Labute approximate surface area is 111 Å². The maximum atomic E-state index is 11.9. The minimum absolute atomic E-state index is 0.172. The van der Waals surface area contributed by atoms with Crippen molar-refractivity contribution in [3.63, 3.8) is 0 Å². The normalized spacial score (nSPS) is 11.3. The second-order valence-electron chi connectivity index (χ2n) is 4.07. The smallest absolute Gasteiger partial charge is 0.225 e. The van der Waals surface area contributed by atoms with E-state index >= 15 is 0 Å². The van der Waals surface area contributed by atoms with Crippen molar-refractivity contribution >= 4 is 5.91 Å². The van der Waals surface area contributed by atoms with E-state index in [1.165, 1.54) is 0 Å². The molecule has 0 aliphatic rings. The molecule has 94 valence electrons. The molecule has 0 spiro atoms. The molecule has 1 aromatic heterocycles. The number of aromatic nitrogens is 1. The highest BCUT2D eigenvalue weighted by molar-refractivity contribution is 5.79. The first-order valence-corrected chi connectivity index (χ1v) is 5.92. The fourth-order valence-electron chi connectivity index (χ4n) is 1.74. The van der Waals surface area contributed by atoms with E-state index in [4.69, 9.17) is 5.26 Å². The zero-order valence-electron chi connectivity index (χ0n) is 10.3. The molecule has 1 heterocycles. The molecular weight excluding hydrogens is 238 g/mol. The summed E-state index contributed by atoms with van der Waals surface area (Å²) in [4.78, 5) is 15.8. The minimum atomic E-state index is -0.640. The topological polar surface area (TPSA) is 65.8 Å². The van der Waals surface area contributed by atoms with Crippen LogP contribution in [0, 0.1) is 11.3 Å². The summed E-state index contributed by atoms with van der Waals surface area (Å²) in [6.45, 7) is 0. The quantitative estimate of drug-likeness (QED) is 0.903. The lowest BCUT2D eigenvalue weighted by molar-refractivity contribution is -0.120. The Hall–Kier alpha value is -2.67. The van der Waals surface area contributed by atoms with Crippen LogP contribution in [-0.2, 0) is 11.2 Å². The van der Waals surface area contributed by atoms with Crippen molar-refractivity contribution in [1.82, 2.24) is 10.3 Å². The van der Waals surface area contributed by atoms with E-state index in [0.29, 0.717) is 0 Å². The van der Waals surface area contributed by atoms with Crippen molar-refractivity contribution < 1.29 is 4.79 Å². The van der Waals surface area contributed by atoms with Crippen LogP contribution in [0.5, 0.6) is 0 Å². The van der Waals surface area contributed by atoms with Crippen LogP contribution in [0.25, 0.3) is 0 Å². The molecule has 0 bridgehead atoms. The average molecular weight is 251 g/mol. The van der Waals surface area contributed by atoms with Gasteiger partial charge < -0.3 is 5.32 Å². The van der Waals surface area contributed by atoms with Crippen molar-refractivity contribution in [2.75, 3.05) is 0 Å². The Morgan fingerprint density at radius 1 is 1.21 bits per heavy atom. The van der Waals surface area contributed by atoms with E-state index in [9.17, 15) is 4.79 Å². The van der Waals surface area contributed by atoms with Gasteiger partial charge in [-0.1, -0.05) is 30.3 Å². The predicted octanol–water partition coefficient (Wildman–Crippen LogP) is 2.01. The van der Waals surface area contributed by atoms with Crippen LogP contribution in [0.2, 0.25) is 0 Å². The van der Waals surface area contributed by atoms with Crippen molar-refractivity contribution in [3.8, 4) is 6.07 Å². The van der Waals surface area contributed by atoms with Crippen molar-refractivity contribution in [2.24, 2.45) is 0 Å². The fraction of sp³-hybridized carbons (Fsp3) is 0.133. The SMILES string of the molecule is N#CC(NC(=O)Cc1ccccc1)c1ccncc1. The highest BCUT2D eigenvalue weighted by Crippen LogP contribution is 2.10. The lowest BCUT2D eigenvalue weighted by atomic mass is 10.1. The van der Waals surface area contributed by atoms with Crippen LogP contribution in [0.4, 0.5) is 0 Å². The van der Waals surface area contributed by atoms with Gasteiger partial charge in [0.1, 0.15) is 6.04 Å². The number of nitrogens with one attached hydrogen (secondary N) is 1. The van der Waals surface area contributed by atoms with E-state index in [-0.39, 0.29) is 12.3 Å². The molecule has 2 rings (SSSR count). The zero-order valence-corrected chi connectivity index (χ0v) is 10.3. The Kier molecular flexibility index (Phi) is 4.25. The van der Waals surface area contributed by atoms with E-state index in [2.05, 4.69) is 16.4 Å². The molecule has 1 unspecified atom stereocenters. The van der Waals surface area contributed by atoms with Gasteiger partial charge in [0.05, 0.1) is 12.5 Å². The van der Waals surface area contributed by atoms with E-state index < -0.39 is 6.04 Å². The molecule has 0 fully saturated rings. The first-order chi connectivity index (χ1) is 9.29. The number of hydrogen-bond donors (Lipinski definition) is 1. The first-order valence-electron chi connectivity index (χ1n) is 5.92. The summed E-state index contributed by atoms with van der Waals surface area (Å²) in [5.41, 5.74) is 1.66. The lowest BCUT2D eigenvalue weighted by Crippen LogP contribution is -2.29. The van der Waals surface area contributed by atoms with Crippen LogP contribution in [-0.4, -0.2) is 10.9 Å². The van der Waals surface area contributed by atoms with Crippen LogP contribution < -0.4 is 5.32 Å². The number of rotatable bonds is 4. The Morgan fingerprint density at radius 3 is 2.53 bits per heavy atom. The number of amides is 1. The zero-order chi connectivity index (χ0) is 13.5. The summed E-state index contributed by atoms with van der Waals surface area (Å²) in [6.07, 6.45) is 3.47. The number of carbonyl (C=O) groups excluding carboxylic acids is 1. The standard InChI is InChI=1S/C15H13N3O/c16-11-14(13-6-8-17-9-7-13)18-15(19)10-12-4-2-1-3-5-12/h1-9,14H,10H2,(H,18,19). The molecule has 4 heteroatoms. The monoisotopic (exact) mass is 251 g/mol. The number of nitrogens with zero attached hydrogens (tertiary/aromatic N) is 2. The summed E-state index contributed by atoms with van der Waals surface area (Å²) in [5, 5.41) is 11.8. The Bertz CT molecular complexity index is 575. The molecule has 19 heavy (non-hydrogen) atoms. The molecule has 0 aliphatic carbocycles. The molecule has 0 radical (unpaired) electrons. The summed E-state index contributed by atoms with van der Waals surface area (Å²) < 4.78 is 0. The van der Waals surface area contributed by atoms with Gasteiger partial charge in [0.25, 0.3) is 0 Å². The van der Waals surface area contributed by atoms with Gasteiger partial charge in [-0.3, -0.25) is 9.78 Å². The predicted molar refractivity (Wildman–Crippen MR) is 70.9 cm³/mol. The third kappa shape index (κ3) is 3.65. The molecule has 4 nitrogen and oxygen atoms in total. The molecule has 1 N–H and O–H groups in total. The Morgan fingerprint density at radius 2 is 1.89 bits per heavy atom. The highest BCUT2D eigenvalue weighted by atomic mass is 16.1. The van der Waals surface area contributed by atoms with Gasteiger partial charge in [0, 0.05) is 12.4 Å². The largest absolute Gasteiger partial charge is 0.336 e. The first kappa shape index (κ1) is 12.8. The summed E-state index contributed by atoms with van der Waals surface area (Å²) in [6, 6.07) is 14.3. The van der Waals surface area contributed by atoms with Crippen molar-refractivity contribution in [1.29, 1.82) is 5.26 Å². The molecule has 1 amide bonds. The minimum Gasteiger partial charge on any atom is -0.336 e. The molecule has 1 atom stereocenters. The van der Waals surface area contributed by atoms with Crippen LogP contribution >= 0.6 is 0 Å². The summed E-state index contributed by atoms with van der Waals surface area (Å²) in [7, 11) is 0. The van der Waals surface area contributed by atoms with Gasteiger partial charge >= 0.3 is 0 Å². The second kappa shape index (κ2) is 6.31. The van der Waals surface area contributed by atoms with E-state index in [0.717, 1.165) is 11.1 Å². The maximum absolute atomic E-state index is 11.9. The molecule has 0 aliphatic heterocycles. The molecule has 0 saturated carbocycles.